The molecule has 36 heavy (non-hydrogen) atoms. The van der Waals surface area contributed by atoms with Crippen molar-refractivity contribution in [3.05, 3.63) is 83.7 Å². The van der Waals surface area contributed by atoms with Gasteiger partial charge in [-0.25, -0.2) is 18.0 Å². The van der Waals surface area contributed by atoms with Crippen LogP contribution in [0.1, 0.15) is 38.1 Å². The quantitative estimate of drug-likeness (QED) is 0.413. The van der Waals surface area contributed by atoms with Crippen molar-refractivity contribution in [1.82, 2.24) is 14.8 Å². The van der Waals surface area contributed by atoms with Crippen LogP contribution < -0.4 is 5.32 Å². The standard InChI is InChI=1S/C28H32F3N3O2/c1-28(2,3)26(32-13-20-16-34(27(35)36)17-24(20)31)25-11-19(22-12-21(29)9-10-23(22)30)15-33(25)14-18-7-5-4-6-8-18/h4-12,15,20,24,26,32H,13-14,16-17H2,1-3H3,(H,35,36)/t20-,24+,26+/m1/s1. The molecule has 5 nitrogen and oxygen atoms in total. The Labute approximate surface area is 209 Å². The van der Waals surface area contributed by atoms with Gasteiger partial charge in [0, 0.05) is 48.6 Å². The van der Waals surface area contributed by atoms with Crippen LogP contribution in [0.25, 0.3) is 11.1 Å². The summed E-state index contributed by atoms with van der Waals surface area (Å²) in [5, 5.41) is 12.7. The van der Waals surface area contributed by atoms with Gasteiger partial charge in [0.1, 0.15) is 17.8 Å². The molecule has 4 rings (SSSR count). The second-order valence-corrected chi connectivity index (χ2v) is 10.6. The smallest absolute Gasteiger partial charge is 0.407 e. The highest BCUT2D eigenvalue weighted by molar-refractivity contribution is 5.66. The zero-order valence-electron chi connectivity index (χ0n) is 20.7. The number of hydrogen-bond donors (Lipinski definition) is 2. The Morgan fingerprint density at radius 1 is 1.11 bits per heavy atom. The van der Waals surface area contributed by atoms with E-state index in [-0.39, 0.29) is 36.7 Å². The van der Waals surface area contributed by atoms with Crippen molar-refractivity contribution in [2.24, 2.45) is 11.3 Å². The van der Waals surface area contributed by atoms with E-state index in [9.17, 15) is 23.1 Å². The van der Waals surface area contributed by atoms with Crippen molar-refractivity contribution in [3.8, 4) is 11.1 Å². The summed E-state index contributed by atoms with van der Waals surface area (Å²) in [6.45, 7) is 6.96. The number of halogens is 3. The summed E-state index contributed by atoms with van der Waals surface area (Å²) in [5.74, 6) is -1.50. The number of likely N-dealkylation sites (tertiary alicyclic amines) is 1. The van der Waals surface area contributed by atoms with Gasteiger partial charge in [0.15, 0.2) is 0 Å². The van der Waals surface area contributed by atoms with E-state index in [1.165, 1.54) is 6.07 Å². The molecular formula is C28H32F3N3O2. The fourth-order valence-electron chi connectivity index (χ4n) is 4.86. The molecule has 1 fully saturated rings. The lowest BCUT2D eigenvalue weighted by Gasteiger charge is -2.34. The van der Waals surface area contributed by atoms with Crippen molar-refractivity contribution in [3.63, 3.8) is 0 Å². The van der Waals surface area contributed by atoms with Crippen LogP contribution in [0.2, 0.25) is 0 Å². The van der Waals surface area contributed by atoms with E-state index in [4.69, 9.17) is 0 Å². The fraction of sp³-hybridized carbons (Fsp3) is 0.393. The molecule has 2 N–H and O–H groups in total. The molecule has 1 aliphatic rings. The lowest BCUT2D eigenvalue weighted by Crippen LogP contribution is -2.39. The number of nitrogens with one attached hydrogen (secondary N) is 1. The maximum atomic E-state index is 14.7. The maximum Gasteiger partial charge on any atom is 0.407 e. The predicted molar refractivity (Wildman–Crippen MR) is 134 cm³/mol. The number of carboxylic acid groups (broad SMARTS) is 1. The molecule has 0 aliphatic carbocycles. The second-order valence-electron chi connectivity index (χ2n) is 10.6. The fourth-order valence-corrected chi connectivity index (χ4v) is 4.86. The van der Waals surface area contributed by atoms with Gasteiger partial charge in [-0.05, 0) is 35.2 Å². The van der Waals surface area contributed by atoms with Crippen molar-refractivity contribution < 1.29 is 23.1 Å². The van der Waals surface area contributed by atoms with Crippen LogP contribution in [-0.2, 0) is 6.54 Å². The molecule has 2 heterocycles. The first-order valence-corrected chi connectivity index (χ1v) is 12.1. The molecular weight excluding hydrogens is 467 g/mol. The number of carbonyl (C=O) groups is 1. The van der Waals surface area contributed by atoms with Crippen molar-refractivity contribution >= 4 is 6.09 Å². The van der Waals surface area contributed by atoms with Crippen LogP contribution in [0.3, 0.4) is 0 Å². The molecule has 1 amide bonds. The SMILES string of the molecule is CC(C)(C)[C@@H](NC[C@@H]1CN(C(=O)O)C[C@@H]1F)c1cc(-c2cc(F)ccc2F)cn1Cc1ccccc1. The first kappa shape index (κ1) is 25.8. The maximum absolute atomic E-state index is 14.7. The normalized spacial score (nSPS) is 19.0. The number of nitrogens with zero attached hydrogens (tertiary/aromatic N) is 2. The van der Waals surface area contributed by atoms with Crippen LogP contribution in [0, 0.1) is 23.0 Å². The lowest BCUT2D eigenvalue weighted by molar-refractivity contribution is 0.152. The van der Waals surface area contributed by atoms with Crippen molar-refractivity contribution in [2.45, 2.75) is 39.5 Å². The third-order valence-corrected chi connectivity index (χ3v) is 6.74. The highest BCUT2D eigenvalue weighted by Gasteiger charge is 2.37. The first-order valence-electron chi connectivity index (χ1n) is 12.1. The van der Waals surface area contributed by atoms with Crippen molar-refractivity contribution in [2.75, 3.05) is 19.6 Å². The summed E-state index contributed by atoms with van der Waals surface area (Å²) in [4.78, 5) is 12.4. The van der Waals surface area contributed by atoms with Gasteiger partial charge in [0.25, 0.3) is 0 Å². The summed E-state index contributed by atoms with van der Waals surface area (Å²) >= 11 is 0. The minimum atomic E-state index is -1.25. The summed E-state index contributed by atoms with van der Waals surface area (Å²) in [5.41, 5.74) is 2.31. The van der Waals surface area contributed by atoms with E-state index in [0.717, 1.165) is 28.3 Å². The number of rotatable bonds is 7. The molecule has 3 atom stereocenters. The van der Waals surface area contributed by atoms with E-state index < -0.39 is 29.8 Å². The molecule has 0 bridgehead atoms. The molecule has 0 radical (unpaired) electrons. The zero-order chi connectivity index (χ0) is 26.0. The average molecular weight is 500 g/mol. The average Bonchev–Trinajstić information content (AvgIpc) is 3.39. The van der Waals surface area contributed by atoms with Crippen LogP contribution in [0.4, 0.5) is 18.0 Å². The van der Waals surface area contributed by atoms with Gasteiger partial charge in [0.05, 0.1) is 12.6 Å². The Kier molecular flexibility index (Phi) is 7.45. The van der Waals surface area contributed by atoms with Gasteiger partial charge < -0.3 is 19.9 Å². The van der Waals surface area contributed by atoms with E-state index >= 15 is 0 Å². The second kappa shape index (κ2) is 10.4. The largest absolute Gasteiger partial charge is 0.465 e. The number of aromatic nitrogens is 1. The number of benzene rings is 2. The van der Waals surface area contributed by atoms with Crippen LogP contribution in [0.5, 0.6) is 0 Å². The van der Waals surface area contributed by atoms with Crippen molar-refractivity contribution in [1.29, 1.82) is 0 Å². The van der Waals surface area contributed by atoms with Crippen LogP contribution in [0.15, 0.2) is 60.8 Å². The van der Waals surface area contributed by atoms with E-state index in [2.05, 4.69) is 26.1 Å². The summed E-state index contributed by atoms with van der Waals surface area (Å²) < 4.78 is 45.3. The first-order chi connectivity index (χ1) is 17.0. The van der Waals surface area contributed by atoms with E-state index in [1.807, 2.05) is 47.2 Å². The summed E-state index contributed by atoms with van der Waals surface area (Å²) in [6.07, 6.45) is -0.548. The summed E-state index contributed by atoms with van der Waals surface area (Å²) in [6, 6.07) is 14.8. The molecule has 0 saturated carbocycles. The molecule has 0 spiro atoms. The van der Waals surface area contributed by atoms with Gasteiger partial charge in [-0.2, -0.15) is 0 Å². The third-order valence-electron chi connectivity index (χ3n) is 6.74. The molecule has 1 aliphatic heterocycles. The summed E-state index contributed by atoms with van der Waals surface area (Å²) in [7, 11) is 0. The Bertz CT molecular complexity index is 1210. The van der Waals surface area contributed by atoms with E-state index in [1.54, 1.807) is 0 Å². The predicted octanol–water partition coefficient (Wildman–Crippen LogP) is 6.11. The Hall–Kier alpha value is -3.26. The Morgan fingerprint density at radius 2 is 1.83 bits per heavy atom. The molecule has 1 aromatic heterocycles. The molecule has 8 heteroatoms. The van der Waals surface area contributed by atoms with Crippen LogP contribution in [-0.4, -0.2) is 46.5 Å². The molecule has 192 valence electrons. The topological polar surface area (TPSA) is 57.5 Å². The molecule has 0 unspecified atom stereocenters. The zero-order valence-corrected chi connectivity index (χ0v) is 20.7. The number of alkyl halides is 1. The van der Waals surface area contributed by atoms with E-state index in [0.29, 0.717) is 12.1 Å². The number of amides is 1. The third kappa shape index (κ3) is 5.75. The highest BCUT2D eigenvalue weighted by atomic mass is 19.1. The number of hydrogen-bond acceptors (Lipinski definition) is 2. The highest BCUT2D eigenvalue weighted by Crippen LogP contribution is 2.37. The van der Waals surface area contributed by atoms with Gasteiger partial charge in [-0.3, -0.25) is 0 Å². The minimum Gasteiger partial charge on any atom is -0.465 e. The molecule has 2 aromatic carbocycles. The molecule has 3 aromatic rings. The Morgan fingerprint density at radius 3 is 2.47 bits per heavy atom. The lowest BCUT2D eigenvalue weighted by atomic mass is 9.84. The Balaban J connectivity index is 1.69. The van der Waals surface area contributed by atoms with Gasteiger partial charge >= 0.3 is 6.09 Å². The monoisotopic (exact) mass is 499 g/mol. The van der Waals surface area contributed by atoms with Gasteiger partial charge in [-0.15, -0.1) is 0 Å². The van der Waals surface area contributed by atoms with Crippen LogP contribution >= 0.6 is 0 Å². The van der Waals surface area contributed by atoms with Gasteiger partial charge in [-0.1, -0.05) is 51.1 Å². The molecule has 1 saturated heterocycles. The van der Waals surface area contributed by atoms with Gasteiger partial charge in [0.2, 0.25) is 0 Å². The minimum absolute atomic E-state index is 0.130.